The highest BCUT2D eigenvalue weighted by molar-refractivity contribution is 5.04. The fourth-order valence-corrected chi connectivity index (χ4v) is 2.36. The van der Waals surface area contributed by atoms with E-state index in [2.05, 4.69) is 64.6 Å². The van der Waals surface area contributed by atoms with Gasteiger partial charge >= 0.3 is 0 Å². The first-order chi connectivity index (χ1) is 9.26. The Morgan fingerprint density at radius 2 is 1.95 bits per heavy atom. The molecular formula is C18H34N2. The number of rotatable bonds is 11. The fraction of sp³-hybridized carbons (Fsp3) is 0.667. The van der Waals surface area contributed by atoms with Crippen molar-refractivity contribution < 1.29 is 0 Å². The van der Waals surface area contributed by atoms with E-state index in [9.17, 15) is 0 Å². The first-order valence-electron chi connectivity index (χ1n) is 7.68. The molecule has 2 N–H and O–H groups in total. The van der Waals surface area contributed by atoms with E-state index in [0.29, 0.717) is 5.41 Å². The molecule has 0 unspecified atom stereocenters. The van der Waals surface area contributed by atoms with E-state index in [1.165, 1.54) is 12.0 Å². The van der Waals surface area contributed by atoms with Crippen LogP contribution in [0.15, 0.2) is 36.7 Å². The Hall–Kier alpha value is -1.18. The van der Waals surface area contributed by atoms with E-state index >= 15 is 0 Å². The molecule has 0 saturated heterocycles. The summed E-state index contributed by atoms with van der Waals surface area (Å²) in [5.41, 5.74) is 2.72. The molecule has 2 nitrogen and oxygen atoms in total. The van der Waals surface area contributed by atoms with Gasteiger partial charge < -0.3 is 10.6 Å². The fourth-order valence-electron chi connectivity index (χ4n) is 2.36. The average Bonchev–Trinajstić information content (AvgIpc) is 2.31. The minimum Gasteiger partial charge on any atom is -0.390 e. The van der Waals surface area contributed by atoms with Crippen LogP contribution in [-0.2, 0) is 0 Å². The molecule has 0 bridgehead atoms. The lowest BCUT2D eigenvalue weighted by Crippen LogP contribution is -2.28. The Kier molecular flexibility index (Phi) is 9.11. The van der Waals surface area contributed by atoms with Crippen molar-refractivity contribution in [3.63, 3.8) is 0 Å². The van der Waals surface area contributed by atoms with Crippen molar-refractivity contribution in [1.29, 1.82) is 0 Å². The first-order valence-corrected chi connectivity index (χ1v) is 7.68. The van der Waals surface area contributed by atoms with Gasteiger partial charge in [-0.05, 0) is 49.3 Å². The maximum Gasteiger partial charge on any atom is 0.0371 e. The highest BCUT2D eigenvalue weighted by Gasteiger charge is 2.18. The number of hydrogen-bond acceptors (Lipinski definition) is 2. The van der Waals surface area contributed by atoms with Crippen molar-refractivity contribution in [2.75, 3.05) is 13.1 Å². The minimum atomic E-state index is 0.339. The zero-order valence-electron chi connectivity index (χ0n) is 14.2. The quantitative estimate of drug-likeness (QED) is 0.539. The molecule has 0 atom stereocenters. The topological polar surface area (TPSA) is 24.1 Å². The molecule has 0 aliphatic rings. The Labute approximate surface area is 126 Å². The molecule has 2 heteroatoms. The Balaban J connectivity index is 3.96. The van der Waals surface area contributed by atoms with Crippen LogP contribution in [0.3, 0.4) is 0 Å². The van der Waals surface area contributed by atoms with E-state index in [0.717, 1.165) is 37.5 Å². The smallest absolute Gasteiger partial charge is 0.0371 e. The molecule has 20 heavy (non-hydrogen) atoms. The van der Waals surface area contributed by atoms with Gasteiger partial charge in [0, 0.05) is 18.8 Å². The third kappa shape index (κ3) is 10.7. The first kappa shape index (κ1) is 18.8. The van der Waals surface area contributed by atoms with Crippen LogP contribution in [0.5, 0.6) is 0 Å². The van der Waals surface area contributed by atoms with Crippen molar-refractivity contribution in [3.8, 4) is 0 Å². The summed E-state index contributed by atoms with van der Waals surface area (Å²) >= 11 is 0. The predicted octanol–water partition coefficient (Wildman–Crippen LogP) is 4.62. The minimum absolute atomic E-state index is 0.339. The average molecular weight is 278 g/mol. The lowest BCUT2D eigenvalue weighted by Gasteiger charge is -2.26. The summed E-state index contributed by atoms with van der Waals surface area (Å²) in [6, 6.07) is 0. The summed E-state index contributed by atoms with van der Waals surface area (Å²) < 4.78 is 0. The number of allylic oxidation sites excluding steroid dienone is 2. The van der Waals surface area contributed by atoms with Gasteiger partial charge in [0.1, 0.15) is 0 Å². The molecule has 0 aliphatic heterocycles. The zero-order valence-corrected chi connectivity index (χ0v) is 14.2. The largest absolute Gasteiger partial charge is 0.390 e. The van der Waals surface area contributed by atoms with E-state index in [-0.39, 0.29) is 0 Å². The molecule has 0 aromatic rings. The molecule has 0 aromatic carbocycles. The third-order valence-corrected chi connectivity index (χ3v) is 3.16. The SMILES string of the molecule is C=CCCC(=C)NC/C(C)=C/NCC(C)(C)CC(C)C. The van der Waals surface area contributed by atoms with Gasteiger partial charge in [-0.15, -0.1) is 6.58 Å². The van der Waals surface area contributed by atoms with Crippen LogP contribution in [-0.4, -0.2) is 13.1 Å². The molecule has 0 radical (unpaired) electrons. The molecule has 0 saturated carbocycles. The van der Waals surface area contributed by atoms with Crippen LogP contribution in [0, 0.1) is 11.3 Å². The monoisotopic (exact) mass is 278 g/mol. The summed E-state index contributed by atoms with van der Waals surface area (Å²) in [5.74, 6) is 0.742. The standard InChI is InChI=1S/C18H34N2/c1-8-9-10-17(5)20-13-16(4)12-19-14-18(6,7)11-15(2)3/h8,12,15,19-20H,1,5,9-11,13-14H2,2-4,6-7H3/b16-12+. The Bertz CT molecular complexity index is 324. The van der Waals surface area contributed by atoms with Crippen LogP contribution < -0.4 is 10.6 Å². The summed E-state index contributed by atoms with van der Waals surface area (Å²) in [6.45, 7) is 20.9. The van der Waals surface area contributed by atoms with Gasteiger partial charge in [-0.2, -0.15) is 0 Å². The van der Waals surface area contributed by atoms with E-state index < -0.39 is 0 Å². The number of nitrogens with one attached hydrogen (secondary N) is 2. The summed E-state index contributed by atoms with van der Waals surface area (Å²) in [6.07, 6.45) is 7.23. The van der Waals surface area contributed by atoms with Gasteiger partial charge in [-0.25, -0.2) is 0 Å². The highest BCUT2D eigenvalue weighted by Crippen LogP contribution is 2.24. The van der Waals surface area contributed by atoms with Crippen molar-refractivity contribution in [2.24, 2.45) is 11.3 Å². The molecule has 0 rings (SSSR count). The highest BCUT2D eigenvalue weighted by atomic mass is 14.9. The lowest BCUT2D eigenvalue weighted by molar-refractivity contribution is 0.284. The van der Waals surface area contributed by atoms with Crippen LogP contribution in [0.25, 0.3) is 0 Å². The van der Waals surface area contributed by atoms with Gasteiger partial charge in [0.15, 0.2) is 0 Å². The predicted molar refractivity (Wildman–Crippen MR) is 91.6 cm³/mol. The normalized spacial score (nSPS) is 12.4. The van der Waals surface area contributed by atoms with Gasteiger partial charge in [-0.1, -0.05) is 40.3 Å². The maximum absolute atomic E-state index is 4.01. The second-order valence-electron chi connectivity index (χ2n) is 6.92. The van der Waals surface area contributed by atoms with Gasteiger partial charge in [-0.3, -0.25) is 0 Å². The van der Waals surface area contributed by atoms with Crippen molar-refractivity contribution in [1.82, 2.24) is 10.6 Å². The van der Waals surface area contributed by atoms with Crippen LogP contribution in [0.2, 0.25) is 0 Å². The second kappa shape index (κ2) is 9.68. The number of hydrogen-bond donors (Lipinski definition) is 2. The Morgan fingerprint density at radius 3 is 2.50 bits per heavy atom. The molecular weight excluding hydrogens is 244 g/mol. The molecule has 0 aromatic heterocycles. The van der Waals surface area contributed by atoms with Crippen LogP contribution >= 0.6 is 0 Å². The van der Waals surface area contributed by atoms with Crippen molar-refractivity contribution in [2.45, 2.75) is 53.9 Å². The molecule has 0 heterocycles. The van der Waals surface area contributed by atoms with E-state index in [1.807, 2.05) is 6.08 Å². The summed E-state index contributed by atoms with van der Waals surface area (Å²) in [7, 11) is 0. The molecule has 0 amide bonds. The Morgan fingerprint density at radius 1 is 1.30 bits per heavy atom. The lowest BCUT2D eigenvalue weighted by atomic mass is 9.84. The molecule has 116 valence electrons. The molecule has 0 spiro atoms. The zero-order chi connectivity index (χ0) is 15.6. The molecule has 0 aliphatic carbocycles. The van der Waals surface area contributed by atoms with Gasteiger partial charge in [0.2, 0.25) is 0 Å². The van der Waals surface area contributed by atoms with Crippen LogP contribution in [0.4, 0.5) is 0 Å². The maximum atomic E-state index is 4.01. The van der Waals surface area contributed by atoms with Crippen molar-refractivity contribution in [3.05, 3.63) is 36.7 Å². The van der Waals surface area contributed by atoms with Crippen LogP contribution in [0.1, 0.15) is 53.9 Å². The summed E-state index contributed by atoms with van der Waals surface area (Å²) in [4.78, 5) is 0. The molecule has 0 fully saturated rings. The van der Waals surface area contributed by atoms with Gasteiger partial charge in [0.05, 0.1) is 0 Å². The third-order valence-electron chi connectivity index (χ3n) is 3.16. The summed E-state index contributed by atoms with van der Waals surface area (Å²) in [5, 5.41) is 6.80. The van der Waals surface area contributed by atoms with E-state index in [4.69, 9.17) is 0 Å². The van der Waals surface area contributed by atoms with Gasteiger partial charge in [0.25, 0.3) is 0 Å². The van der Waals surface area contributed by atoms with Crippen molar-refractivity contribution >= 4 is 0 Å². The second-order valence-corrected chi connectivity index (χ2v) is 6.92. The van der Waals surface area contributed by atoms with E-state index in [1.54, 1.807) is 0 Å².